The molecule has 5 unspecified atom stereocenters. The van der Waals surface area contributed by atoms with E-state index in [0.29, 0.717) is 0 Å². The van der Waals surface area contributed by atoms with E-state index in [1.165, 1.54) is 6.21 Å². The van der Waals surface area contributed by atoms with E-state index < -0.39 is 37.1 Å². The van der Waals surface area contributed by atoms with E-state index in [4.69, 9.17) is 21.0 Å². The third kappa shape index (κ3) is 2.75. The third-order valence-electron chi connectivity index (χ3n) is 2.42. The Kier molecular flexibility index (Phi) is 4.34. The van der Waals surface area contributed by atoms with Crippen LogP contribution < -0.4 is 5.73 Å². The number of hydrogen-bond acceptors (Lipinski definition) is 5. The van der Waals surface area contributed by atoms with Gasteiger partial charge in [-0.25, -0.2) is 4.39 Å². The second-order valence-electron chi connectivity index (χ2n) is 3.72. The van der Waals surface area contributed by atoms with Crippen LogP contribution in [0.25, 0.3) is 0 Å². The lowest BCUT2D eigenvalue weighted by atomic mass is 10.1. The molecule has 16 heavy (non-hydrogen) atoms. The zero-order valence-corrected chi connectivity index (χ0v) is 8.88. The number of rotatable bonds is 4. The van der Waals surface area contributed by atoms with Crippen LogP contribution in [0.4, 0.5) is 4.39 Å². The lowest BCUT2D eigenvalue weighted by Gasteiger charge is -2.08. The lowest BCUT2D eigenvalue weighted by molar-refractivity contribution is -0.0193. The summed E-state index contributed by atoms with van der Waals surface area (Å²) in [5, 5.41) is 25.2. The summed E-state index contributed by atoms with van der Waals surface area (Å²) >= 11 is 0. The highest BCUT2D eigenvalue weighted by Crippen LogP contribution is 2.24. The number of hydrogen-bond donors (Lipinski definition) is 4. The molecule has 1 aliphatic rings. The summed E-state index contributed by atoms with van der Waals surface area (Å²) in [7, 11) is 0. The first-order valence-electron chi connectivity index (χ1n) is 4.93. The van der Waals surface area contributed by atoms with Crippen molar-refractivity contribution in [3.8, 4) is 0 Å². The van der Waals surface area contributed by atoms with E-state index in [-0.39, 0.29) is 5.84 Å². The molecule has 1 fully saturated rings. The predicted molar refractivity (Wildman–Crippen MR) is 56.2 cm³/mol. The zero-order chi connectivity index (χ0) is 12.3. The minimum absolute atomic E-state index is 0.0867. The van der Waals surface area contributed by atoms with Crippen molar-refractivity contribution in [2.75, 3.05) is 6.61 Å². The zero-order valence-electron chi connectivity index (χ0n) is 8.88. The average molecular weight is 233 g/mol. The number of halogens is 1. The van der Waals surface area contributed by atoms with E-state index in [1.807, 2.05) is 0 Å². The van der Waals surface area contributed by atoms with Gasteiger partial charge < -0.3 is 20.7 Å². The number of amidine groups is 1. The van der Waals surface area contributed by atoms with Gasteiger partial charge in [0.15, 0.2) is 12.4 Å². The largest absolute Gasteiger partial charge is 0.394 e. The van der Waals surface area contributed by atoms with E-state index in [2.05, 4.69) is 4.99 Å². The lowest BCUT2D eigenvalue weighted by Crippen LogP contribution is -2.30. The number of nitrogens with zero attached hydrogens (tertiary/aromatic N) is 1. The summed E-state index contributed by atoms with van der Waals surface area (Å²) in [6.07, 6.45) is -3.85. The molecule has 0 saturated carbocycles. The smallest absolute Gasteiger partial charge is 0.182 e. The van der Waals surface area contributed by atoms with Gasteiger partial charge in [-0.3, -0.25) is 10.4 Å². The van der Waals surface area contributed by atoms with Crippen LogP contribution >= 0.6 is 0 Å². The van der Waals surface area contributed by atoms with Crippen LogP contribution in [0, 0.1) is 11.3 Å². The summed E-state index contributed by atoms with van der Waals surface area (Å²) in [6, 6.07) is 0. The van der Waals surface area contributed by atoms with Gasteiger partial charge in [-0.15, -0.1) is 0 Å². The molecule has 0 spiro atoms. The van der Waals surface area contributed by atoms with Crippen LogP contribution in [0.1, 0.15) is 6.92 Å². The van der Waals surface area contributed by atoms with Crippen molar-refractivity contribution in [3.05, 3.63) is 0 Å². The van der Waals surface area contributed by atoms with Gasteiger partial charge in [0, 0.05) is 12.1 Å². The fourth-order valence-corrected chi connectivity index (χ4v) is 1.27. The second-order valence-corrected chi connectivity index (χ2v) is 3.72. The Bertz CT molecular complexity index is 287. The monoisotopic (exact) mass is 233 g/mol. The number of nitrogens with two attached hydrogens (primary N) is 1. The Hall–Kier alpha value is -1.05. The maximum atomic E-state index is 13.4. The van der Waals surface area contributed by atoms with Gasteiger partial charge in [0.25, 0.3) is 0 Å². The Labute approximate surface area is 92.4 Å². The topological polar surface area (TPSA) is 112 Å². The second kappa shape index (κ2) is 5.33. The van der Waals surface area contributed by atoms with Crippen LogP contribution in [-0.4, -0.2) is 53.5 Å². The van der Waals surface area contributed by atoms with E-state index >= 15 is 0 Å². The Morgan fingerprint density at radius 2 is 2.38 bits per heavy atom. The average Bonchev–Trinajstić information content (AvgIpc) is 2.52. The third-order valence-corrected chi connectivity index (χ3v) is 2.42. The molecule has 0 aromatic rings. The van der Waals surface area contributed by atoms with Gasteiger partial charge in [-0.2, -0.15) is 0 Å². The molecule has 0 aliphatic carbocycles. The molecule has 1 saturated heterocycles. The summed E-state index contributed by atoms with van der Waals surface area (Å²) in [4.78, 5) is 3.76. The van der Waals surface area contributed by atoms with Crippen molar-refractivity contribution in [2.45, 2.75) is 31.5 Å². The molecular formula is C9H16FN3O3. The van der Waals surface area contributed by atoms with Crippen molar-refractivity contribution in [2.24, 2.45) is 16.6 Å². The first-order chi connectivity index (χ1) is 7.47. The molecule has 1 heterocycles. The quantitative estimate of drug-likeness (QED) is 0.370. The molecule has 7 heteroatoms. The van der Waals surface area contributed by atoms with E-state index in [0.717, 1.165) is 0 Å². The minimum atomic E-state index is -1.67. The summed E-state index contributed by atoms with van der Waals surface area (Å²) < 4.78 is 18.4. The van der Waals surface area contributed by atoms with Gasteiger partial charge in [-0.1, -0.05) is 6.92 Å². The number of aliphatic hydroxyl groups is 2. The standard InChI is InChI=1S/C9H16FN3O3/c1-4(8(11)12)2-13-9-6(10)7(15)5(3-14)16-9/h2,4-7,9,14-15H,3H2,1H3,(H3,11,12). The highest BCUT2D eigenvalue weighted by atomic mass is 19.1. The first kappa shape index (κ1) is 13.0. The Morgan fingerprint density at radius 3 is 2.81 bits per heavy atom. The van der Waals surface area contributed by atoms with E-state index in [9.17, 15) is 9.50 Å². The maximum absolute atomic E-state index is 13.4. The van der Waals surface area contributed by atoms with Crippen molar-refractivity contribution in [1.29, 1.82) is 5.41 Å². The highest BCUT2D eigenvalue weighted by molar-refractivity contribution is 5.93. The first-order valence-corrected chi connectivity index (χ1v) is 4.93. The van der Waals surface area contributed by atoms with Gasteiger partial charge in [-0.05, 0) is 0 Å². The number of alkyl halides is 1. The minimum Gasteiger partial charge on any atom is -0.394 e. The molecular weight excluding hydrogens is 217 g/mol. The molecule has 0 amide bonds. The highest BCUT2D eigenvalue weighted by Gasteiger charge is 2.43. The molecule has 6 nitrogen and oxygen atoms in total. The van der Waals surface area contributed by atoms with Crippen LogP contribution in [0.2, 0.25) is 0 Å². The molecule has 0 radical (unpaired) electrons. The van der Waals surface area contributed by atoms with Crippen molar-refractivity contribution in [1.82, 2.24) is 0 Å². The Morgan fingerprint density at radius 1 is 1.75 bits per heavy atom. The van der Waals surface area contributed by atoms with Crippen LogP contribution in [0.3, 0.4) is 0 Å². The van der Waals surface area contributed by atoms with Crippen molar-refractivity contribution in [3.63, 3.8) is 0 Å². The van der Waals surface area contributed by atoms with Gasteiger partial charge >= 0.3 is 0 Å². The molecule has 1 rings (SSSR count). The number of nitrogens with one attached hydrogen (secondary N) is 1. The number of aliphatic hydroxyl groups excluding tert-OH is 2. The van der Waals surface area contributed by atoms with Gasteiger partial charge in [0.2, 0.25) is 0 Å². The van der Waals surface area contributed by atoms with Crippen LogP contribution in [0.15, 0.2) is 4.99 Å². The molecule has 0 aromatic heterocycles. The molecule has 5 N–H and O–H groups in total. The van der Waals surface area contributed by atoms with Crippen LogP contribution in [-0.2, 0) is 4.74 Å². The summed E-state index contributed by atoms with van der Waals surface area (Å²) in [5.74, 6) is -0.502. The molecule has 0 aromatic carbocycles. The molecule has 0 bridgehead atoms. The molecule has 92 valence electrons. The number of ether oxygens (including phenoxy) is 1. The van der Waals surface area contributed by atoms with Gasteiger partial charge in [0.05, 0.1) is 12.4 Å². The normalized spacial score (nSPS) is 36.8. The molecule has 1 aliphatic heterocycles. The molecule has 5 atom stereocenters. The fraction of sp³-hybridized carbons (Fsp3) is 0.778. The van der Waals surface area contributed by atoms with E-state index in [1.54, 1.807) is 6.92 Å². The van der Waals surface area contributed by atoms with Crippen LogP contribution in [0.5, 0.6) is 0 Å². The fourth-order valence-electron chi connectivity index (χ4n) is 1.27. The van der Waals surface area contributed by atoms with Gasteiger partial charge in [0.1, 0.15) is 12.2 Å². The van der Waals surface area contributed by atoms with Crippen molar-refractivity contribution >= 4 is 12.1 Å². The Balaban J connectivity index is 2.59. The maximum Gasteiger partial charge on any atom is 0.182 e. The van der Waals surface area contributed by atoms with Crippen molar-refractivity contribution < 1.29 is 19.3 Å². The summed E-state index contributed by atoms with van der Waals surface area (Å²) in [5.41, 5.74) is 5.20. The number of aliphatic imine (C=N–C) groups is 1. The SMILES string of the molecule is CC(C=NC1OC(CO)C(O)C1F)C(=N)N. The predicted octanol–water partition coefficient (Wildman–Crippen LogP) is -0.955. The summed E-state index contributed by atoms with van der Waals surface area (Å²) in [6.45, 7) is 1.17.